The highest BCUT2D eigenvalue weighted by Crippen LogP contribution is 2.25. The van der Waals surface area contributed by atoms with Crippen molar-refractivity contribution < 1.29 is 13.6 Å². The maximum Gasteiger partial charge on any atom is 0.191 e. The Hall–Kier alpha value is -1.52. The second-order valence-corrected chi connectivity index (χ2v) is 8.18. The zero-order valence-electron chi connectivity index (χ0n) is 18.1. The van der Waals surface area contributed by atoms with Crippen LogP contribution >= 0.6 is 24.0 Å². The summed E-state index contributed by atoms with van der Waals surface area (Å²) in [6, 6.07) is 8.15. The Morgan fingerprint density at radius 3 is 2.65 bits per heavy atom. The third-order valence-corrected chi connectivity index (χ3v) is 5.95. The molecule has 0 radical (unpaired) electrons. The van der Waals surface area contributed by atoms with Crippen molar-refractivity contribution in [1.29, 1.82) is 0 Å². The van der Waals surface area contributed by atoms with Crippen LogP contribution < -0.4 is 10.6 Å². The Labute approximate surface area is 202 Å². The third kappa shape index (κ3) is 7.54. The lowest BCUT2D eigenvalue weighted by Crippen LogP contribution is -2.42. The summed E-state index contributed by atoms with van der Waals surface area (Å²) in [6.07, 6.45) is 9.22. The van der Waals surface area contributed by atoms with Crippen molar-refractivity contribution in [2.75, 3.05) is 45.9 Å². The maximum absolute atomic E-state index is 5.77. The van der Waals surface area contributed by atoms with Gasteiger partial charge in [0.05, 0.1) is 31.7 Å². The van der Waals surface area contributed by atoms with E-state index in [-0.39, 0.29) is 30.0 Å². The van der Waals surface area contributed by atoms with E-state index in [1.807, 2.05) is 18.2 Å². The van der Waals surface area contributed by atoms with Crippen molar-refractivity contribution in [3.63, 3.8) is 0 Å². The Bertz CT molecular complexity index is 739. The van der Waals surface area contributed by atoms with Gasteiger partial charge in [-0.1, -0.05) is 6.42 Å². The molecule has 2 unspecified atom stereocenters. The van der Waals surface area contributed by atoms with Gasteiger partial charge in [-0.25, -0.2) is 0 Å². The van der Waals surface area contributed by atoms with Crippen LogP contribution in [0.5, 0.6) is 0 Å². The monoisotopic (exact) mass is 542 g/mol. The number of halogens is 1. The van der Waals surface area contributed by atoms with E-state index in [1.54, 1.807) is 12.5 Å². The molecule has 7 nitrogen and oxygen atoms in total. The first-order valence-corrected chi connectivity index (χ1v) is 11.3. The van der Waals surface area contributed by atoms with Gasteiger partial charge in [0, 0.05) is 32.0 Å². The molecule has 2 N–H and O–H groups in total. The molecule has 2 fully saturated rings. The molecule has 2 atom stereocenters. The molecular formula is C23H35IN4O3. The fraction of sp³-hybridized carbons (Fsp3) is 0.609. The van der Waals surface area contributed by atoms with Gasteiger partial charge >= 0.3 is 0 Å². The molecule has 2 aliphatic heterocycles. The van der Waals surface area contributed by atoms with Gasteiger partial charge in [0.1, 0.15) is 11.5 Å². The highest BCUT2D eigenvalue weighted by Gasteiger charge is 2.24. The molecule has 2 aromatic rings. The van der Waals surface area contributed by atoms with Gasteiger partial charge in [0.25, 0.3) is 0 Å². The van der Waals surface area contributed by atoms with Gasteiger partial charge in [0.2, 0.25) is 0 Å². The molecule has 8 heteroatoms. The van der Waals surface area contributed by atoms with E-state index >= 15 is 0 Å². The molecule has 2 aromatic heterocycles. The van der Waals surface area contributed by atoms with Gasteiger partial charge in [0.15, 0.2) is 5.96 Å². The zero-order valence-corrected chi connectivity index (χ0v) is 20.5. The summed E-state index contributed by atoms with van der Waals surface area (Å²) in [5.41, 5.74) is 0. The number of nitrogens with zero attached hydrogens (tertiary/aromatic N) is 2. The minimum Gasteiger partial charge on any atom is -0.469 e. The quantitative estimate of drug-likeness (QED) is 0.285. The lowest BCUT2D eigenvalue weighted by Gasteiger charge is -2.32. The predicted octanol–water partition coefficient (Wildman–Crippen LogP) is 3.83. The highest BCUT2D eigenvalue weighted by atomic mass is 127. The largest absolute Gasteiger partial charge is 0.469 e. The summed E-state index contributed by atoms with van der Waals surface area (Å²) < 4.78 is 16.7. The van der Waals surface area contributed by atoms with Crippen LogP contribution in [0.4, 0.5) is 0 Å². The Morgan fingerprint density at radius 2 is 1.94 bits per heavy atom. The molecule has 4 heterocycles. The number of guanidine groups is 1. The van der Waals surface area contributed by atoms with Gasteiger partial charge in [-0.2, -0.15) is 0 Å². The molecule has 0 aliphatic carbocycles. The molecule has 172 valence electrons. The number of hydrogen-bond donors (Lipinski definition) is 2. The van der Waals surface area contributed by atoms with Crippen molar-refractivity contribution in [3.05, 3.63) is 48.3 Å². The molecule has 4 rings (SSSR count). The molecule has 2 saturated heterocycles. The summed E-state index contributed by atoms with van der Waals surface area (Å²) in [4.78, 5) is 7.47. The van der Waals surface area contributed by atoms with E-state index in [9.17, 15) is 0 Å². The lowest BCUT2D eigenvalue weighted by atomic mass is 10.1. The molecule has 0 spiro atoms. The average Bonchev–Trinajstić information content (AvgIpc) is 3.56. The van der Waals surface area contributed by atoms with E-state index < -0.39 is 0 Å². The minimum absolute atomic E-state index is 0. The van der Waals surface area contributed by atoms with Crippen LogP contribution in [0, 0.1) is 5.92 Å². The van der Waals surface area contributed by atoms with Gasteiger partial charge in [-0.05, 0) is 56.6 Å². The summed E-state index contributed by atoms with van der Waals surface area (Å²) in [5.74, 6) is 3.37. The minimum atomic E-state index is 0. The van der Waals surface area contributed by atoms with E-state index in [0.717, 1.165) is 69.7 Å². The first kappa shape index (κ1) is 24.1. The Kier molecular flexibility index (Phi) is 10.2. The first-order valence-electron chi connectivity index (χ1n) is 11.3. The van der Waals surface area contributed by atoms with Crippen LogP contribution in [0.25, 0.3) is 0 Å². The Morgan fingerprint density at radius 1 is 1.10 bits per heavy atom. The molecule has 0 aromatic carbocycles. The van der Waals surface area contributed by atoms with E-state index in [4.69, 9.17) is 18.6 Å². The normalized spacial score (nSPS) is 20.9. The zero-order chi connectivity index (χ0) is 20.4. The fourth-order valence-corrected chi connectivity index (χ4v) is 4.19. The number of piperidine rings is 1. The maximum atomic E-state index is 5.77. The van der Waals surface area contributed by atoms with Crippen LogP contribution in [0.3, 0.4) is 0 Å². The Balaban J connectivity index is 0.00000272. The van der Waals surface area contributed by atoms with Crippen molar-refractivity contribution in [2.45, 2.75) is 38.1 Å². The number of furan rings is 2. The number of ether oxygens (including phenoxy) is 1. The fourth-order valence-electron chi connectivity index (χ4n) is 4.19. The van der Waals surface area contributed by atoms with E-state index in [1.165, 1.54) is 19.3 Å². The van der Waals surface area contributed by atoms with Crippen molar-refractivity contribution in [3.8, 4) is 0 Å². The highest BCUT2D eigenvalue weighted by molar-refractivity contribution is 14.0. The second-order valence-electron chi connectivity index (χ2n) is 8.18. The molecule has 0 saturated carbocycles. The standard InChI is InChI=1S/C23H34N4O3.HI/c1-2-11-27(12-3-1)21(22-7-5-14-30-22)17-26-23(25-16-19-9-15-28-18-19)24-10-8-20-6-4-13-29-20;/h4-7,13-14,19,21H,1-3,8-12,15-18H2,(H2,24,25,26);1H. The van der Waals surface area contributed by atoms with Crippen LogP contribution in [0.1, 0.15) is 43.2 Å². The molecule has 0 amide bonds. The predicted molar refractivity (Wildman–Crippen MR) is 132 cm³/mol. The summed E-state index contributed by atoms with van der Waals surface area (Å²) in [7, 11) is 0. The third-order valence-electron chi connectivity index (χ3n) is 5.95. The average molecular weight is 542 g/mol. The topological polar surface area (TPSA) is 75.2 Å². The van der Waals surface area contributed by atoms with Gasteiger partial charge in [-0.15, -0.1) is 24.0 Å². The number of hydrogen-bond acceptors (Lipinski definition) is 5. The number of nitrogens with one attached hydrogen (secondary N) is 2. The van der Waals surface area contributed by atoms with Crippen LogP contribution in [0.15, 0.2) is 50.6 Å². The molecule has 0 bridgehead atoms. The van der Waals surface area contributed by atoms with Crippen molar-refractivity contribution in [1.82, 2.24) is 15.5 Å². The molecule has 31 heavy (non-hydrogen) atoms. The smallest absolute Gasteiger partial charge is 0.191 e. The number of aliphatic imine (C=N–C) groups is 1. The summed E-state index contributed by atoms with van der Waals surface area (Å²) in [5, 5.41) is 7.00. The van der Waals surface area contributed by atoms with Crippen LogP contribution in [0.2, 0.25) is 0 Å². The first-order chi connectivity index (χ1) is 14.9. The summed E-state index contributed by atoms with van der Waals surface area (Å²) >= 11 is 0. The van der Waals surface area contributed by atoms with Gasteiger partial charge in [-0.3, -0.25) is 9.89 Å². The SMILES string of the molecule is I.c1coc(CCNC(=NCC(c2ccco2)N2CCCCC2)NCC2CCOC2)c1. The van der Waals surface area contributed by atoms with Gasteiger partial charge < -0.3 is 24.2 Å². The van der Waals surface area contributed by atoms with E-state index in [2.05, 4.69) is 21.6 Å². The summed E-state index contributed by atoms with van der Waals surface area (Å²) in [6.45, 7) is 6.22. The molecular weight excluding hydrogens is 507 g/mol. The number of likely N-dealkylation sites (tertiary alicyclic amines) is 1. The molecule has 2 aliphatic rings. The number of rotatable bonds is 9. The van der Waals surface area contributed by atoms with Crippen molar-refractivity contribution >= 4 is 29.9 Å². The lowest BCUT2D eigenvalue weighted by molar-refractivity contribution is 0.150. The van der Waals surface area contributed by atoms with Crippen LogP contribution in [-0.4, -0.2) is 56.8 Å². The van der Waals surface area contributed by atoms with E-state index in [0.29, 0.717) is 12.5 Å². The second kappa shape index (κ2) is 13.1. The van der Waals surface area contributed by atoms with Crippen molar-refractivity contribution in [2.24, 2.45) is 10.9 Å². The van der Waals surface area contributed by atoms with Crippen LogP contribution in [-0.2, 0) is 11.2 Å².